The Balaban J connectivity index is 1.31. The fourth-order valence-corrected chi connectivity index (χ4v) is 4.94. The first kappa shape index (κ1) is 25.7. The normalized spacial score (nSPS) is 16.5. The number of aromatic nitrogens is 2. The van der Waals surface area contributed by atoms with E-state index in [2.05, 4.69) is 50.4 Å². The molecule has 2 atom stereocenters. The van der Waals surface area contributed by atoms with E-state index in [0.717, 1.165) is 50.1 Å². The van der Waals surface area contributed by atoms with E-state index >= 15 is 0 Å². The number of amides is 2. The van der Waals surface area contributed by atoms with Crippen LogP contribution in [0.15, 0.2) is 72.8 Å². The lowest BCUT2D eigenvalue weighted by molar-refractivity contribution is -0.124. The molecule has 2 heterocycles. The maximum absolute atomic E-state index is 12.8. The summed E-state index contributed by atoms with van der Waals surface area (Å²) in [6, 6.07) is 20.0. The summed E-state index contributed by atoms with van der Waals surface area (Å²) in [5.74, 6) is -0.291. The highest BCUT2D eigenvalue weighted by molar-refractivity contribution is 7.15. The molecule has 0 unspecified atom stereocenters. The zero-order chi connectivity index (χ0) is 25.0. The quantitative estimate of drug-likeness (QED) is 0.343. The standard InChI is InChI=1S/C28H33N5O2S/c34-25(31-28-33-32-26(36-28)19-15-22-11-5-2-6-12-22)18-17-23(16-14-21-9-3-1-4-10-21)30-27(35)24-13-7-8-20-29-24/h1-6,9-12,17-18,23-24,29H,7-8,13-16,19-20H2,(H,30,35)(H,31,33,34)/t23-,24-/m0/s1. The van der Waals surface area contributed by atoms with Crippen molar-refractivity contribution in [2.45, 2.75) is 57.0 Å². The van der Waals surface area contributed by atoms with Crippen LogP contribution in [0.25, 0.3) is 0 Å². The molecule has 1 saturated heterocycles. The van der Waals surface area contributed by atoms with Crippen molar-refractivity contribution < 1.29 is 9.59 Å². The van der Waals surface area contributed by atoms with Gasteiger partial charge in [-0.25, -0.2) is 0 Å². The van der Waals surface area contributed by atoms with E-state index in [4.69, 9.17) is 0 Å². The van der Waals surface area contributed by atoms with Crippen LogP contribution < -0.4 is 16.0 Å². The number of aryl methyl sites for hydroxylation is 3. The van der Waals surface area contributed by atoms with E-state index in [-0.39, 0.29) is 23.9 Å². The lowest BCUT2D eigenvalue weighted by atomic mass is 10.0. The number of carbonyl (C=O) groups is 2. The summed E-state index contributed by atoms with van der Waals surface area (Å²) in [5, 5.41) is 18.9. The number of hydrogen-bond acceptors (Lipinski definition) is 6. The van der Waals surface area contributed by atoms with E-state index in [1.165, 1.54) is 28.5 Å². The molecule has 0 spiro atoms. The van der Waals surface area contributed by atoms with Gasteiger partial charge in [-0.15, -0.1) is 10.2 Å². The molecule has 0 radical (unpaired) electrons. The molecule has 1 aliphatic heterocycles. The van der Waals surface area contributed by atoms with Crippen molar-refractivity contribution in [1.29, 1.82) is 0 Å². The Hall–Kier alpha value is -3.36. The van der Waals surface area contributed by atoms with Crippen LogP contribution in [0.2, 0.25) is 0 Å². The van der Waals surface area contributed by atoms with Crippen LogP contribution in [0, 0.1) is 0 Å². The van der Waals surface area contributed by atoms with Gasteiger partial charge in [-0.1, -0.05) is 84.5 Å². The van der Waals surface area contributed by atoms with Crippen molar-refractivity contribution in [3.8, 4) is 0 Å². The van der Waals surface area contributed by atoms with Crippen LogP contribution in [0.1, 0.15) is 41.8 Å². The Bertz CT molecular complexity index is 1130. The van der Waals surface area contributed by atoms with Crippen LogP contribution in [-0.4, -0.2) is 40.6 Å². The minimum atomic E-state index is -0.282. The van der Waals surface area contributed by atoms with Gasteiger partial charge in [0, 0.05) is 18.5 Å². The second-order valence-corrected chi connectivity index (χ2v) is 10.0. The van der Waals surface area contributed by atoms with Crippen LogP contribution in [0.4, 0.5) is 5.13 Å². The molecule has 1 aromatic heterocycles. The third kappa shape index (κ3) is 8.39. The van der Waals surface area contributed by atoms with E-state index in [1.807, 2.05) is 36.4 Å². The molecule has 1 aliphatic rings. The lowest BCUT2D eigenvalue weighted by Crippen LogP contribution is -2.49. The number of benzene rings is 2. The number of hydrogen-bond donors (Lipinski definition) is 3. The maximum atomic E-state index is 12.8. The van der Waals surface area contributed by atoms with Crippen molar-refractivity contribution in [1.82, 2.24) is 20.8 Å². The SMILES string of the molecule is O=C(C=C[C@H](CCc1ccccc1)NC(=O)[C@@H]1CCCCN1)Nc1nnc(CCc2ccccc2)s1. The number of nitrogens with one attached hydrogen (secondary N) is 3. The first-order chi connectivity index (χ1) is 17.7. The molecular formula is C28H33N5O2S. The largest absolute Gasteiger partial charge is 0.349 e. The Morgan fingerprint density at radius 2 is 1.69 bits per heavy atom. The first-order valence-electron chi connectivity index (χ1n) is 12.6. The van der Waals surface area contributed by atoms with E-state index in [1.54, 1.807) is 6.08 Å². The summed E-state index contributed by atoms with van der Waals surface area (Å²) in [7, 11) is 0. The molecule has 2 amide bonds. The maximum Gasteiger partial charge on any atom is 0.249 e. The molecule has 3 N–H and O–H groups in total. The average Bonchev–Trinajstić information content (AvgIpc) is 3.37. The fourth-order valence-electron chi connectivity index (χ4n) is 4.19. The molecule has 4 rings (SSSR count). The molecule has 0 saturated carbocycles. The number of piperidine rings is 1. The first-order valence-corrected chi connectivity index (χ1v) is 13.4. The molecule has 0 bridgehead atoms. The minimum Gasteiger partial charge on any atom is -0.349 e. The highest BCUT2D eigenvalue weighted by Crippen LogP contribution is 2.17. The van der Waals surface area contributed by atoms with Gasteiger partial charge < -0.3 is 10.6 Å². The van der Waals surface area contributed by atoms with Gasteiger partial charge in [-0.2, -0.15) is 0 Å². The second kappa shape index (κ2) is 13.7. The van der Waals surface area contributed by atoms with Crippen molar-refractivity contribution in [2.24, 2.45) is 0 Å². The van der Waals surface area contributed by atoms with E-state index < -0.39 is 0 Å². The summed E-state index contributed by atoms with van der Waals surface area (Å²) in [6.07, 6.45) is 9.40. The summed E-state index contributed by atoms with van der Waals surface area (Å²) in [4.78, 5) is 25.4. The van der Waals surface area contributed by atoms with Gasteiger partial charge in [0.1, 0.15) is 5.01 Å². The smallest absolute Gasteiger partial charge is 0.249 e. The van der Waals surface area contributed by atoms with Crippen LogP contribution in [0.3, 0.4) is 0 Å². The van der Waals surface area contributed by atoms with Gasteiger partial charge in [0.25, 0.3) is 0 Å². The van der Waals surface area contributed by atoms with Gasteiger partial charge in [0.05, 0.1) is 6.04 Å². The van der Waals surface area contributed by atoms with Crippen molar-refractivity contribution in [3.63, 3.8) is 0 Å². The lowest BCUT2D eigenvalue weighted by Gasteiger charge is -2.25. The third-order valence-electron chi connectivity index (χ3n) is 6.19. The van der Waals surface area contributed by atoms with Crippen LogP contribution in [-0.2, 0) is 28.9 Å². The summed E-state index contributed by atoms with van der Waals surface area (Å²) >= 11 is 1.39. The predicted octanol–water partition coefficient (Wildman–Crippen LogP) is 4.08. The van der Waals surface area contributed by atoms with Crippen LogP contribution >= 0.6 is 11.3 Å². The Morgan fingerprint density at radius 3 is 2.39 bits per heavy atom. The van der Waals surface area contributed by atoms with Gasteiger partial charge in [-0.05, 0) is 49.8 Å². The molecule has 0 aliphatic carbocycles. The van der Waals surface area contributed by atoms with Gasteiger partial charge in [0.15, 0.2) is 0 Å². The monoisotopic (exact) mass is 503 g/mol. The summed E-state index contributed by atoms with van der Waals surface area (Å²) in [5.41, 5.74) is 2.44. The Kier molecular flexibility index (Phi) is 9.76. The van der Waals surface area contributed by atoms with Gasteiger partial charge >= 0.3 is 0 Å². The molecule has 2 aromatic carbocycles. The Labute approximate surface area is 216 Å². The van der Waals surface area contributed by atoms with Crippen molar-refractivity contribution in [3.05, 3.63) is 89.0 Å². The molecule has 8 heteroatoms. The number of anilines is 1. The van der Waals surface area contributed by atoms with Crippen LogP contribution in [0.5, 0.6) is 0 Å². The summed E-state index contributed by atoms with van der Waals surface area (Å²) in [6.45, 7) is 0.861. The zero-order valence-electron chi connectivity index (χ0n) is 20.4. The number of nitrogens with zero attached hydrogens (tertiary/aromatic N) is 2. The predicted molar refractivity (Wildman–Crippen MR) is 144 cm³/mol. The van der Waals surface area contributed by atoms with E-state index in [0.29, 0.717) is 11.6 Å². The topological polar surface area (TPSA) is 96.0 Å². The van der Waals surface area contributed by atoms with Crippen molar-refractivity contribution >= 4 is 28.3 Å². The number of carbonyl (C=O) groups excluding carboxylic acids is 2. The van der Waals surface area contributed by atoms with Gasteiger partial charge in [-0.3, -0.25) is 14.9 Å². The highest BCUT2D eigenvalue weighted by atomic mass is 32.1. The minimum absolute atomic E-state index is 0.00926. The summed E-state index contributed by atoms with van der Waals surface area (Å²) < 4.78 is 0. The molecular weight excluding hydrogens is 470 g/mol. The molecule has 3 aromatic rings. The Morgan fingerprint density at radius 1 is 0.972 bits per heavy atom. The van der Waals surface area contributed by atoms with Crippen molar-refractivity contribution in [2.75, 3.05) is 11.9 Å². The molecule has 36 heavy (non-hydrogen) atoms. The number of rotatable bonds is 11. The average molecular weight is 504 g/mol. The molecule has 1 fully saturated rings. The third-order valence-corrected chi connectivity index (χ3v) is 7.09. The fraction of sp³-hybridized carbons (Fsp3) is 0.357. The molecule has 7 nitrogen and oxygen atoms in total. The highest BCUT2D eigenvalue weighted by Gasteiger charge is 2.22. The van der Waals surface area contributed by atoms with Gasteiger partial charge in [0.2, 0.25) is 16.9 Å². The van der Waals surface area contributed by atoms with E-state index in [9.17, 15) is 9.59 Å². The second-order valence-electron chi connectivity index (χ2n) is 8.98. The zero-order valence-corrected chi connectivity index (χ0v) is 21.2. The molecule has 188 valence electrons.